The van der Waals surface area contributed by atoms with Gasteiger partial charge in [-0.1, -0.05) is 6.07 Å². The van der Waals surface area contributed by atoms with Crippen LogP contribution in [0.1, 0.15) is 33.8 Å². The van der Waals surface area contributed by atoms with Crippen LogP contribution >= 0.6 is 11.3 Å². The van der Waals surface area contributed by atoms with Crippen LogP contribution in [0.3, 0.4) is 0 Å². The molecule has 0 unspecified atom stereocenters. The Hall–Kier alpha value is -3.04. The summed E-state index contributed by atoms with van der Waals surface area (Å²) >= 11 is 1.80. The number of rotatable bonds is 3. The second-order valence-corrected chi connectivity index (χ2v) is 8.97. The molecular formula is C22H24N6O2S. The molecule has 1 fully saturated rings. The standard InChI is InChI=1S/C22H24N6O2S/c1-24-21(29)16-5-6-20(27-26-16)28-10-8-22(9-11-28)14-13-18(31-17(14)7-12-30-22)15-3-2-4-19(23)25-15/h2-6,13H,7-12H2,1H3,(H2,23,25)(H,24,29). The molecule has 3 N–H and O–H groups in total. The van der Waals surface area contributed by atoms with Crippen LogP contribution in [0.15, 0.2) is 36.4 Å². The van der Waals surface area contributed by atoms with E-state index in [1.165, 1.54) is 10.4 Å². The van der Waals surface area contributed by atoms with E-state index in [0.29, 0.717) is 11.5 Å². The van der Waals surface area contributed by atoms with Gasteiger partial charge in [0.15, 0.2) is 11.5 Å². The number of nitrogen functional groups attached to an aromatic ring is 1. The maximum atomic E-state index is 11.7. The number of ether oxygens (including phenoxy) is 1. The van der Waals surface area contributed by atoms with Crippen LogP contribution in [0.2, 0.25) is 0 Å². The minimum absolute atomic E-state index is 0.234. The number of anilines is 2. The Morgan fingerprint density at radius 2 is 2.06 bits per heavy atom. The van der Waals surface area contributed by atoms with Crippen LogP contribution in [0, 0.1) is 0 Å². The average molecular weight is 437 g/mol. The van der Waals surface area contributed by atoms with Crippen molar-refractivity contribution in [3.63, 3.8) is 0 Å². The summed E-state index contributed by atoms with van der Waals surface area (Å²) in [6.07, 6.45) is 2.68. The van der Waals surface area contributed by atoms with Gasteiger partial charge in [0.1, 0.15) is 5.82 Å². The predicted molar refractivity (Wildman–Crippen MR) is 120 cm³/mol. The second kappa shape index (κ2) is 7.90. The molecule has 0 radical (unpaired) electrons. The lowest BCUT2D eigenvalue weighted by Crippen LogP contribution is -2.46. The summed E-state index contributed by atoms with van der Waals surface area (Å²) in [6, 6.07) is 11.6. The number of thiophene rings is 1. The van der Waals surface area contributed by atoms with E-state index in [1.807, 2.05) is 18.2 Å². The van der Waals surface area contributed by atoms with Crippen LogP contribution in [0.4, 0.5) is 11.6 Å². The zero-order valence-electron chi connectivity index (χ0n) is 17.3. The van der Waals surface area contributed by atoms with Gasteiger partial charge in [-0.05, 0) is 48.7 Å². The fourth-order valence-electron chi connectivity index (χ4n) is 4.39. The molecule has 1 spiro atoms. The zero-order chi connectivity index (χ0) is 21.4. The topological polar surface area (TPSA) is 106 Å². The first kappa shape index (κ1) is 19.9. The molecule has 1 saturated heterocycles. The van der Waals surface area contributed by atoms with Crippen LogP contribution in [0.25, 0.3) is 10.6 Å². The van der Waals surface area contributed by atoms with E-state index >= 15 is 0 Å². The summed E-state index contributed by atoms with van der Waals surface area (Å²) in [5.41, 5.74) is 8.15. The molecule has 2 aliphatic heterocycles. The van der Waals surface area contributed by atoms with Crippen LogP contribution in [-0.4, -0.2) is 47.8 Å². The van der Waals surface area contributed by atoms with Crippen molar-refractivity contribution < 1.29 is 9.53 Å². The number of hydrogen-bond donors (Lipinski definition) is 2. The first-order valence-corrected chi connectivity index (χ1v) is 11.2. The van der Waals surface area contributed by atoms with Crippen molar-refractivity contribution in [1.29, 1.82) is 0 Å². The Bertz CT molecular complexity index is 1110. The Labute approximate surface area is 184 Å². The molecule has 31 heavy (non-hydrogen) atoms. The predicted octanol–water partition coefficient (Wildman–Crippen LogP) is 2.61. The molecule has 0 bridgehead atoms. The van der Waals surface area contributed by atoms with Crippen molar-refractivity contribution in [3.8, 4) is 10.6 Å². The second-order valence-electron chi connectivity index (χ2n) is 7.83. The minimum Gasteiger partial charge on any atom is -0.384 e. The van der Waals surface area contributed by atoms with Gasteiger partial charge in [-0.2, -0.15) is 0 Å². The van der Waals surface area contributed by atoms with Crippen LogP contribution in [0.5, 0.6) is 0 Å². The lowest BCUT2D eigenvalue weighted by molar-refractivity contribution is -0.0757. The molecule has 1 amide bonds. The molecule has 2 aliphatic rings. The van der Waals surface area contributed by atoms with Crippen molar-refractivity contribution in [2.24, 2.45) is 0 Å². The van der Waals surface area contributed by atoms with Crippen LogP contribution < -0.4 is 16.0 Å². The van der Waals surface area contributed by atoms with Gasteiger partial charge in [0.25, 0.3) is 5.91 Å². The molecular weight excluding hydrogens is 412 g/mol. The zero-order valence-corrected chi connectivity index (χ0v) is 18.1. The Kier molecular flexibility index (Phi) is 5.07. The van der Waals surface area contributed by atoms with E-state index in [4.69, 9.17) is 10.5 Å². The number of hydrogen-bond acceptors (Lipinski definition) is 8. The highest BCUT2D eigenvalue weighted by molar-refractivity contribution is 7.15. The lowest BCUT2D eigenvalue weighted by atomic mass is 9.82. The molecule has 5 heterocycles. The summed E-state index contributed by atoms with van der Waals surface area (Å²) in [7, 11) is 1.58. The van der Waals surface area contributed by atoms with Gasteiger partial charge in [-0.25, -0.2) is 4.98 Å². The van der Waals surface area contributed by atoms with E-state index in [0.717, 1.165) is 55.3 Å². The molecule has 8 nitrogen and oxygen atoms in total. The van der Waals surface area contributed by atoms with E-state index in [2.05, 4.69) is 31.5 Å². The molecule has 9 heteroatoms. The van der Waals surface area contributed by atoms with Gasteiger partial charge in [0.05, 0.1) is 22.8 Å². The largest absolute Gasteiger partial charge is 0.384 e. The van der Waals surface area contributed by atoms with Crippen molar-refractivity contribution in [1.82, 2.24) is 20.5 Å². The highest BCUT2D eigenvalue weighted by Crippen LogP contribution is 2.46. The summed E-state index contributed by atoms with van der Waals surface area (Å²) in [6.45, 7) is 2.36. The number of nitrogens with zero attached hydrogens (tertiary/aromatic N) is 4. The molecule has 0 atom stereocenters. The number of aromatic nitrogens is 3. The molecule has 160 valence electrons. The van der Waals surface area contributed by atoms with Gasteiger partial charge in [0.2, 0.25) is 0 Å². The minimum atomic E-state index is -0.269. The van der Waals surface area contributed by atoms with Gasteiger partial charge in [-0.3, -0.25) is 4.79 Å². The summed E-state index contributed by atoms with van der Waals surface area (Å²) in [5.74, 6) is 1.09. The molecule has 3 aromatic rings. The highest BCUT2D eigenvalue weighted by atomic mass is 32.1. The third kappa shape index (κ3) is 3.64. The number of piperidine rings is 1. The highest BCUT2D eigenvalue weighted by Gasteiger charge is 2.42. The quantitative estimate of drug-likeness (QED) is 0.650. The summed E-state index contributed by atoms with van der Waals surface area (Å²) in [5, 5.41) is 10.9. The van der Waals surface area contributed by atoms with Gasteiger partial charge < -0.3 is 20.7 Å². The number of carbonyl (C=O) groups is 1. The van der Waals surface area contributed by atoms with Crippen molar-refractivity contribution in [2.45, 2.75) is 24.9 Å². The summed E-state index contributed by atoms with van der Waals surface area (Å²) in [4.78, 5) is 20.9. The van der Waals surface area contributed by atoms with E-state index in [1.54, 1.807) is 30.5 Å². The van der Waals surface area contributed by atoms with Gasteiger partial charge in [0, 0.05) is 31.4 Å². The Balaban J connectivity index is 1.36. The van der Waals surface area contributed by atoms with E-state index < -0.39 is 0 Å². The van der Waals surface area contributed by atoms with Crippen molar-refractivity contribution in [2.75, 3.05) is 37.4 Å². The fraction of sp³-hybridized carbons (Fsp3) is 0.364. The summed E-state index contributed by atoms with van der Waals surface area (Å²) < 4.78 is 6.40. The van der Waals surface area contributed by atoms with Crippen LogP contribution in [-0.2, 0) is 16.8 Å². The normalized spacial score (nSPS) is 17.4. The maximum absolute atomic E-state index is 11.7. The van der Waals surface area contributed by atoms with Gasteiger partial charge >= 0.3 is 0 Å². The molecule has 0 aliphatic carbocycles. The van der Waals surface area contributed by atoms with E-state index in [9.17, 15) is 4.79 Å². The lowest BCUT2D eigenvalue weighted by Gasteiger charge is -2.44. The molecule has 3 aromatic heterocycles. The SMILES string of the molecule is CNC(=O)c1ccc(N2CCC3(CC2)OCCc2sc(-c4cccc(N)n4)cc23)nn1. The van der Waals surface area contributed by atoms with Gasteiger partial charge in [-0.15, -0.1) is 21.5 Å². The number of pyridine rings is 1. The monoisotopic (exact) mass is 436 g/mol. The number of nitrogens with two attached hydrogens (primary N) is 1. The fourth-order valence-corrected chi connectivity index (χ4v) is 5.59. The Morgan fingerprint density at radius 1 is 1.23 bits per heavy atom. The van der Waals surface area contributed by atoms with Crippen molar-refractivity contribution >= 4 is 28.9 Å². The number of carbonyl (C=O) groups excluding carboxylic acids is 1. The van der Waals surface area contributed by atoms with E-state index in [-0.39, 0.29) is 11.5 Å². The molecule has 0 saturated carbocycles. The average Bonchev–Trinajstić information content (AvgIpc) is 3.26. The first-order valence-electron chi connectivity index (χ1n) is 10.4. The smallest absolute Gasteiger partial charge is 0.271 e. The number of fused-ring (bicyclic) bond motifs is 2. The first-order chi connectivity index (χ1) is 15.1. The third-order valence-corrected chi connectivity index (χ3v) is 7.25. The maximum Gasteiger partial charge on any atom is 0.271 e. The third-order valence-electron chi connectivity index (χ3n) is 6.04. The number of amides is 1. The molecule has 0 aromatic carbocycles. The number of nitrogens with one attached hydrogen (secondary N) is 1. The Morgan fingerprint density at radius 3 is 2.77 bits per heavy atom. The van der Waals surface area contributed by atoms with Crippen molar-refractivity contribution in [3.05, 3.63) is 52.5 Å². The molecule has 5 rings (SSSR count).